The Labute approximate surface area is 117 Å². The molecule has 0 saturated heterocycles. The van der Waals surface area contributed by atoms with Crippen LogP contribution in [0.3, 0.4) is 0 Å². The molecule has 5 nitrogen and oxygen atoms in total. The van der Waals surface area contributed by atoms with Crippen molar-refractivity contribution in [2.75, 3.05) is 0 Å². The molecule has 20 heavy (non-hydrogen) atoms. The molecular formula is C12H10F2N4OS. The van der Waals surface area contributed by atoms with Gasteiger partial charge in [-0.25, -0.2) is 18.7 Å². The summed E-state index contributed by atoms with van der Waals surface area (Å²) in [6.45, 7) is 1.81. The van der Waals surface area contributed by atoms with Gasteiger partial charge in [-0.05, 0) is 36.4 Å². The first-order valence-electron chi connectivity index (χ1n) is 5.44. The van der Waals surface area contributed by atoms with E-state index < -0.39 is 11.6 Å². The maximum Gasteiger partial charge on any atom is 0.192 e. The second-order valence-electron chi connectivity index (χ2n) is 3.90. The Morgan fingerprint density at radius 3 is 2.30 bits per heavy atom. The van der Waals surface area contributed by atoms with Gasteiger partial charge in [-0.15, -0.1) is 0 Å². The van der Waals surface area contributed by atoms with Crippen molar-refractivity contribution < 1.29 is 14.0 Å². The van der Waals surface area contributed by atoms with Crippen LogP contribution in [-0.4, -0.2) is 21.0 Å². The third kappa shape index (κ3) is 3.02. The number of amidine groups is 1. The molecule has 3 N–H and O–H groups in total. The molecule has 0 aliphatic carbocycles. The summed E-state index contributed by atoms with van der Waals surface area (Å²) in [7, 11) is 0. The van der Waals surface area contributed by atoms with E-state index in [9.17, 15) is 8.78 Å². The molecule has 104 valence electrons. The molecule has 2 aromatic rings. The zero-order valence-electron chi connectivity index (χ0n) is 10.3. The van der Waals surface area contributed by atoms with Crippen LogP contribution in [-0.2, 0) is 0 Å². The SMILES string of the molecule is Cc1cnc(Sc2c(F)cc(C(N)=NO)cc2F)nc1. The number of aromatic nitrogens is 2. The monoisotopic (exact) mass is 296 g/mol. The van der Waals surface area contributed by atoms with E-state index in [0.717, 1.165) is 29.5 Å². The van der Waals surface area contributed by atoms with E-state index in [1.165, 1.54) is 0 Å². The number of aryl methyl sites for hydroxylation is 1. The molecule has 0 unspecified atom stereocenters. The first-order valence-corrected chi connectivity index (χ1v) is 6.26. The van der Waals surface area contributed by atoms with Gasteiger partial charge in [-0.1, -0.05) is 5.16 Å². The van der Waals surface area contributed by atoms with Crippen molar-refractivity contribution in [1.82, 2.24) is 9.97 Å². The smallest absolute Gasteiger partial charge is 0.192 e. The fourth-order valence-electron chi connectivity index (χ4n) is 1.39. The minimum Gasteiger partial charge on any atom is -0.409 e. The van der Waals surface area contributed by atoms with E-state index in [1.807, 2.05) is 0 Å². The van der Waals surface area contributed by atoms with E-state index in [0.29, 0.717) is 0 Å². The minimum absolute atomic E-state index is 0.0447. The van der Waals surface area contributed by atoms with Crippen LogP contribution < -0.4 is 5.73 Å². The lowest BCUT2D eigenvalue weighted by atomic mass is 10.2. The van der Waals surface area contributed by atoms with Crippen LogP contribution in [0.1, 0.15) is 11.1 Å². The topological polar surface area (TPSA) is 84.4 Å². The highest BCUT2D eigenvalue weighted by molar-refractivity contribution is 7.99. The normalized spacial score (nSPS) is 11.7. The lowest BCUT2D eigenvalue weighted by Gasteiger charge is -2.06. The summed E-state index contributed by atoms with van der Waals surface area (Å²) >= 11 is 0.762. The Morgan fingerprint density at radius 2 is 1.80 bits per heavy atom. The minimum atomic E-state index is -0.833. The van der Waals surface area contributed by atoms with E-state index in [4.69, 9.17) is 10.9 Å². The standard InChI is InChI=1S/C12H10F2N4OS/c1-6-4-16-12(17-5-6)20-10-8(13)2-7(3-9(10)14)11(15)18-19/h2-5,19H,1H3,(H2,15,18). The quantitative estimate of drug-likeness (QED) is 0.298. The molecule has 0 spiro atoms. The number of halogens is 2. The molecule has 0 aliphatic heterocycles. The van der Waals surface area contributed by atoms with Crippen molar-refractivity contribution in [2.24, 2.45) is 10.9 Å². The van der Waals surface area contributed by atoms with E-state index >= 15 is 0 Å². The van der Waals surface area contributed by atoms with Crippen molar-refractivity contribution in [3.8, 4) is 0 Å². The number of rotatable bonds is 3. The first-order chi connectivity index (χ1) is 9.51. The van der Waals surface area contributed by atoms with Crippen LogP contribution in [0.2, 0.25) is 0 Å². The number of benzene rings is 1. The molecule has 0 fully saturated rings. The van der Waals surface area contributed by atoms with Crippen molar-refractivity contribution >= 4 is 17.6 Å². The van der Waals surface area contributed by atoms with Crippen molar-refractivity contribution in [1.29, 1.82) is 0 Å². The largest absolute Gasteiger partial charge is 0.409 e. The van der Waals surface area contributed by atoms with Crippen molar-refractivity contribution in [3.63, 3.8) is 0 Å². The summed E-state index contributed by atoms with van der Waals surface area (Å²) in [6.07, 6.45) is 3.10. The molecule has 0 aliphatic rings. The van der Waals surface area contributed by atoms with Crippen LogP contribution in [0.5, 0.6) is 0 Å². The highest BCUT2D eigenvalue weighted by Crippen LogP contribution is 2.30. The van der Waals surface area contributed by atoms with Gasteiger partial charge in [0.2, 0.25) is 0 Å². The fourth-order valence-corrected chi connectivity index (χ4v) is 2.09. The van der Waals surface area contributed by atoms with Gasteiger partial charge in [0.15, 0.2) is 11.0 Å². The molecule has 1 heterocycles. The summed E-state index contributed by atoms with van der Waals surface area (Å²) in [5.41, 5.74) is 6.09. The highest BCUT2D eigenvalue weighted by atomic mass is 32.2. The maximum absolute atomic E-state index is 13.9. The lowest BCUT2D eigenvalue weighted by Crippen LogP contribution is -2.14. The first kappa shape index (κ1) is 14.2. The van der Waals surface area contributed by atoms with Gasteiger partial charge in [0.1, 0.15) is 11.6 Å². The van der Waals surface area contributed by atoms with Gasteiger partial charge < -0.3 is 10.9 Å². The van der Waals surface area contributed by atoms with E-state index in [-0.39, 0.29) is 21.5 Å². The van der Waals surface area contributed by atoms with Crippen molar-refractivity contribution in [3.05, 3.63) is 47.3 Å². The predicted octanol–water partition coefficient (Wildman–Crippen LogP) is 2.31. The summed E-state index contributed by atoms with van der Waals surface area (Å²) in [5.74, 6) is -2.03. The number of nitrogens with zero attached hydrogens (tertiary/aromatic N) is 3. The Morgan fingerprint density at radius 1 is 1.25 bits per heavy atom. The zero-order chi connectivity index (χ0) is 14.7. The molecule has 2 rings (SSSR count). The Hall–Kier alpha value is -2.22. The molecule has 0 atom stereocenters. The summed E-state index contributed by atoms with van der Waals surface area (Å²) in [6, 6.07) is 1.96. The van der Waals surface area contributed by atoms with Crippen LogP contribution >= 0.6 is 11.8 Å². The average Bonchev–Trinajstić information content (AvgIpc) is 2.43. The van der Waals surface area contributed by atoms with Gasteiger partial charge in [-0.3, -0.25) is 0 Å². The summed E-state index contributed by atoms with van der Waals surface area (Å²) in [4.78, 5) is 7.67. The van der Waals surface area contributed by atoms with Crippen LogP contribution in [0, 0.1) is 18.6 Å². The third-order valence-electron chi connectivity index (χ3n) is 2.35. The fraction of sp³-hybridized carbons (Fsp3) is 0.0833. The second kappa shape index (κ2) is 5.83. The molecule has 0 radical (unpaired) electrons. The highest BCUT2D eigenvalue weighted by Gasteiger charge is 2.15. The van der Waals surface area contributed by atoms with E-state index in [1.54, 1.807) is 19.3 Å². The van der Waals surface area contributed by atoms with Crippen molar-refractivity contribution in [2.45, 2.75) is 17.0 Å². The molecule has 0 amide bonds. The maximum atomic E-state index is 13.9. The molecular weight excluding hydrogens is 286 g/mol. The lowest BCUT2D eigenvalue weighted by molar-refractivity contribution is 0.318. The van der Waals surface area contributed by atoms with E-state index in [2.05, 4.69) is 15.1 Å². The van der Waals surface area contributed by atoms with Gasteiger partial charge in [0.25, 0.3) is 0 Å². The van der Waals surface area contributed by atoms with Crippen LogP contribution in [0.15, 0.2) is 39.7 Å². The number of hydrogen-bond donors (Lipinski definition) is 2. The third-order valence-corrected chi connectivity index (χ3v) is 3.34. The number of nitrogens with two attached hydrogens (primary N) is 1. The molecule has 0 bridgehead atoms. The Kier molecular flexibility index (Phi) is 4.14. The van der Waals surface area contributed by atoms with Gasteiger partial charge in [-0.2, -0.15) is 0 Å². The Bertz CT molecular complexity index is 638. The Balaban J connectivity index is 2.35. The number of oxime groups is 1. The van der Waals surface area contributed by atoms with Gasteiger partial charge in [0.05, 0.1) is 4.90 Å². The summed E-state index contributed by atoms with van der Waals surface area (Å²) in [5, 5.41) is 11.4. The molecule has 8 heteroatoms. The second-order valence-corrected chi connectivity index (χ2v) is 4.88. The van der Waals surface area contributed by atoms with Crippen LogP contribution in [0.25, 0.3) is 0 Å². The number of hydrogen-bond acceptors (Lipinski definition) is 5. The van der Waals surface area contributed by atoms with Gasteiger partial charge in [0, 0.05) is 18.0 Å². The zero-order valence-corrected chi connectivity index (χ0v) is 11.2. The summed E-state index contributed by atoms with van der Waals surface area (Å²) < 4.78 is 27.7. The van der Waals surface area contributed by atoms with Gasteiger partial charge >= 0.3 is 0 Å². The van der Waals surface area contributed by atoms with Crippen LogP contribution in [0.4, 0.5) is 8.78 Å². The molecule has 0 saturated carbocycles. The molecule has 1 aromatic heterocycles. The average molecular weight is 296 g/mol. The predicted molar refractivity (Wildman–Crippen MR) is 69.8 cm³/mol. The molecule has 1 aromatic carbocycles.